The average molecular weight is 414 g/mol. The first kappa shape index (κ1) is 25.1. The van der Waals surface area contributed by atoms with Crippen LogP contribution in [0.2, 0.25) is 0 Å². The Morgan fingerprint density at radius 1 is 0.862 bits per heavy atom. The molecule has 0 aliphatic carbocycles. The van der Waals surface area contributed by atoms with Crippen molar-refractivity contribution in [2.24, 2.45) is 0 Å². The largest absolute Gasteiger partial charge is 0.456 e. The highest BCUT2D eigenvalue weighted by Gasteiger charge is 2.47. The molecule has 1 saturated heterocycles. The van der Waals surface area contributed by atoms with Crippen molar-refractivity contribution in [1.29, 1.82) is 0 Å². The van der Waals surface area contributed by atoms with Gasteiger partial charge >= 0.3 is 17.9 Å². The minimum Gasteiger partial charge on any atom is -0.456 e. The molecule has 0 N–H and O–H groups in total. The molecule has 8 nitrogen and oxygen atoms in total. The first-order valence-electron chi connectivity index (χ1n) is 10.2. The van der Waals surface area contributed by atoms with Crippen LogP contribution < -0.4 is 0 Å². The lowest BCUT2D eigenvalue weighted by molar-refractivity contribution is -0.281. The first-order chi connectivity index (χ1) is 13.8. The van der Waals surface area contributed by atoms with Crippen LogP contribution >= 0.6 is 0 Å². The topological polar surface area (TPSA) is 97.4 Å². The van der Waals surface area contributed by atoms with E-state index in [0.29, 0.717) is 6.61 Å². The molecule has 1 rings (SSSR count). The van der Waals surface area contributed by atoms with Crippen LogP contribution in [-0.2, 0) is 38.1 Å². The summed E-state index contributed by atoms with van der Waals surface area (Å²) in [4.78, 5) is 34.4. The normalized spacial score (nSPS) is 23.8. The lowest BCUT2D eigenvalue weighted by Crippen LogP contribution is -2.58. The second-order valence-electron chi connectivity index (χ2n) is 7.07. The van der Waals surface area contributed by atoms with E-state index in [-0.39, 0.29) is 6.61 Å². The van der Waals surface area contributed by atoms with Crippen LogP contribution in [0.5, 0.6) is 0 Å². The number of hydrogen-bond acceptors (Lipinski definition) is 8. The van der Waals surface area contributed by atoms with Crippen LogP contribution in [0.1, 0.15) is 65.7 Å². The van der Waals surface area contributed by atoms with E-state index in [1.54, 1.807) is 0 Å². The summed E-state index contributed by atoms with van der Waals surface area (Å²) in [7, 11) is 0. The minimum absolute atomic E-state index is 0.0245. The van der Waals surface area contributed by atoms with E-state index < -0.39 is 42.5 Å². The molecule has 0 bridgehead atoms. The maximum Gasteiger partial charge on any atom is 0.303 e. The van der Waals surface area contributed by atoms with Crippen molar-refractivity contribution >= 4 is 17.9 Å². The van der Waals surface area contributed by atoms with Crippen LogP contribution in [-0.4, -0.2) is 55.7 Å². The van der Waals surface area contributed by atoms with Gasteiger partial charge in [0.1, 0.15) is 0 Å². The SMILES string of the molecule is C=CCCCCCCCCO[C@@H]1OC[C@@H](OC(C)=O)[C@H](OC(C)=O)[C@H]1OC(C)=O. The lowest BCUT2D eigenvalue weighted by atomic mass is 10.0. The van der Waals surface area contributed by atoms with Crippen molar-refractivity contribution in [3.8, 4) is 0 Å². The quantitative estimate of drug-likeness (QED) is 0.196. The third kappa shape index (κ3) is 10.4. The van der Waals surface area contributed by atoms with Crippen LogP contribution in [0.25, 0.3) is 0 Å². The van der Waals surface area contributed by atoms with Gasteiger partial charge in [0.15, 0.2) is 24.6 Å². The van der Waals surface area contributed by atoms with E-state index >= 15 is 0 Å². The fraction of sp³-hybridized carbons (Fsp3) is 0.762. The zero-order valence-corrected chi connectivity index (χ0v) is 17.7. The highest BCUT2D eigenvalue weighted by atomic mass is 16.7. The Morgan fingerprint density at radius 3 is 2.00 bits per heavy atom. The molecule has 29 heavy (non-hydrogen) atoms. The van der Waals surface area contributed by atoms with Gasteiger partial charge in [0.25, 0.3) is 0 Å². The van der Waals surface area contributed by atoms with Crippen molar-refractivity contribution in [3.05, 3.63) is 12.7 Å². The van der Waals surface area contributed by atoms with Crippen LogP contribution in [0.4, 0.5) is 0 Å². The summed E-state index contributed by atoms with van der Waals surface area (Å²) < 4.78 is 27.1. The van der Waals surface area contributed by atoms with Crippen molar-refractivity contribution in [3.63, 3.8) is 0 Å². The highest BCUT2D eigenvalue weighted by Crippen LogP contribution is 2.25. The molecule has 0 radical (unpaired) electrons. The second kappa shape index (κ2) is 14.1. The van der Waals surface area contributed by atoms with Crippen molar-refractivity contribution in [2.45, 2.75) is 90.3 Å². The number of carbonyl (C=O) groups excluding carboxylic acids is 3. The summed E-state index contributed by atoms with van der Waals surface area (Å²) in [6, 6.07) is 0. The molecule has 1 aliphatic heterocycles. The van der Waals surface area contributed by atoms with E-state index in [4.69, 9.17) is 23.7 Å². The van der Waals surface area contributed by atoms with Gasteiger partial charge in [-0.3, -0.25) is 14.4 Å². The minimum atomic E-state index is -1.02. The Kier molecular flexibility index (Phi) is 12.2. The Bertz CT molecular complexity index is 533. The number of rotatable bonds is 13. The number of allylic oxidation sites excluding steroid dienone is 1. The molecule has 0 aromatic rings. The molecule has 4 atom stereocenters. The third-order valence-electron chi connectivity index (χ3n) is 4.39. The van der Waals surface area contributed by atoms with Gasteiger partial charge in [-0.15, -0.1) is 6.58 Å². The molecule has 0 amide bonds. The molecule has 1 heterocycles. The number of esters is 3. The monoisotopic (exact) mass is 414 g/mol. The van der Waals surface area contributed by atoms with Gasteiger partial charge in [0, 0.05) is 27.4 Å². The summed E-state index contributed by atoms with van der Waals surface area (Å²) in [5.41, 5.74) is 0. The van der Waals surface area contributed by atoms with Gasteiger partial charge in [0.05, 0.1) is 6.61 Å². The Labute approximate surface area is 172 Å². The fourth-order valence-corrected chi connectivity index (χ4v) is 3.15. The zero-order valence-electron chi connectivity index (χ0n) is 17.7. The fourth-order valence-electron chi connectivity index (χ4n) is 3.15. The standard InChI is InChI=1S/C21H34O8/c1-5-6-7-8-9-10-11-12-13-25-21-20(29-17(4)24)19(28-16(3)23)18(14-26-21)27-15(2)22/h5,18-21H,1,6-14H2,2-4H3/t18-,19+,20-,21-/m1/s1. The third-order valence-corrected chi connectivity index (χ3v) is 4.39. The summed E-state index contributed by atoms with van der Waals surface area (Å²) in [5.74, 6) is -1.71. The molecule has 8 heteroatoms. The Balaban J connectivity index is 2.56. The molecule has 166 valence electrons. The Morgan fingerprint density at radius 2 is 1.41 bits per heavy atom. The summed E-state index contributed by atoms with van der Waals surface area (Å²) in [5, 5.41) is 0. The lowest BCUT2D eigenvalue weighted by Gasteiger charge is -2.40. The van der Waals surface area contributed by atoms with Gasteiger partial charge in [-0.1, -0.05) is 31.8 Å². The first-order valence-corrected chi connectivity index (χ1v) is 10.2. The molecule has 0 aromatic heterocycles. The maximum atomic E-state index is 11.6. The number of hydrogen-bond donors (Lipinski definition) is 0. The van der Waals surface area contributed by atoms with E-state index in [2.05, 4.69) is 6.58 Å². The van der Waals surface area contributed by atoms with Gasteiger partial charge < -0.3 is 23.7 Å². The molecule has 0 saturated carbocycles. The predicted molar refractivity (Wildman–Crippen MR) is 105 cm³/mol. The number of carbonyl (C=O) groups is 3. The van der Waals surface area contributed by atoms with E-state index in [0.717, 1.165) is 25.7 Å². The molecule has 0 unspecified atom stereocenters. The van der Waals surface area contributed by atoms with Crippen molar-refractivity contribution in [2.75, 3.05) is 13.2 Å². The molecular formula is C21H34O8. The summed E-state index contributed by atoms with van der Waals surface area (Å²) >= 11 is 0. The highest BCUT2D eigenvalue weighted by molar-refractivity contribution is 5.68. The predicted octanol–water partition coefficient (Wildman–Crippen LogP) is 3.07. The molecule has 1 aliphatic rings. The summed E-state index contributed by atoms with van der Waals surface area (Å²) in [6.07, 6.45) is 5.69. The van der Waals surface area contributed by atoms with E-state index in [1.807, 2.05) is 6.08 Å². The maximum absolute atomic E-state index is 11.6. The smallest absolute Gasteiger partial charge is 0.303 e. The Hall–Kier alpha value is -1.93. The van der Waals surface area contributed by atoms with Crippen LogP contribution in [0.3, 0.4) is 0 Å². The van der Waals surface area contributed by atoms with Gasteiger partial charge in [-0.05, 0) is 19.3 Å². The van der Waals surface area contributed by atoms with Gasteiger partial charge in [-0.2, -0.15) is 0 Å². The molecule has 1 fully saturated rings. The molecular weight excluding hydrogens is 380 g/mol. The molecule has 0 aromatic carbocycles. The van der Waals surface area contributed by atoms with Gasteiger partial charge in [-0.25, -0.2) is 0 Å². The van der Waals surface area contributed by atoms with Crippen molar-refractivity contribution in [1.82, 2.24) is 0 Å². The second-order valence-corrected chi connectivity index (χ2v) is 7.07. The zero-order chi connectivity index (χ0) is 21.6. The van der Waals surface area contributed by atoms with Crippen LogP contribution in [0.15, 0.2) is 12.7 Å². The molecule has 0 spiro atoms. The average Bonchev–Trinajstić information content (AvgIpc) is 2.63. The number of unbranched alkanes of at least 4 members (excludes halogenated alkanes) is 6. The summed E-state index contributed by atoms with van der Waals surface area (Å²) in [6.45, 7) is 7.82. The van der Waals surface area contributed by atoms with Crippen molar-refractivity contribution < 1.29 is 38.1 Å². The number of ether oxygens (including phenoxy) is 5. The van der Waals surface area contributed by atoms with Gasteiger partial charge in [0.2, 0.25) is 0 Å². The van der Waals surface area contributed by atoms with Crippen LogP contribution in [0, 0.1) is 0 Å². The van der Waals surface area contributed by atoms with E-state index in [1.165, 1.54) is 40.0 Å². The van der Waals surface area contributed by atoms with E-state index in [9.17, 15) is 14.4 Å².